The average molecular weight is 258 g/mol. The van der Waals surface area contributed by atoms with Crippen molar-refractivity contribution in [2.45, 2.75) is 12.6 Å². The summed E-state index contributed by atoms with van der Waals surface area (Å²) in [5.74, 6) is 0.788. The molecule has 1 fully saturated rings. The van der Waals surface area contributed by atoms with Gasteiger partial charge in [-0.25, -0.2) is 0 Å². The molecular weight excluding hydrogens is 240 g/mol. The molecule has 0 spiro atoms. The second kappa shape index (κ2) is 5.46. The van der Waals surface area contributed by atoms with Crippen molar-refractivity contribution in [2.24, 2.45) is 7.05 Å². The number of tetrazole rings is 1. The minimum atomic E-state index is 0.381. The monoisotopic (exact) mass is 258 g/mol. The van der Waals surface area contributed by atoms with Gasteiger partial charge in [-0.1, -0.05) is 30.3 Å². The summed E-state index contributed by atoms with van der Waals surface area (Å²) in [6.45, 7) is 3.74. The minimum Gasteiger partial charge on any atom is -0.308 e. The number of nitrogens with one attached hydrogen (secondary N) is 1. The first-order chi connectivity index (χ1) is 9.31. The van der Waals surface area contributed by atoms with E-state index in [1.165, 1.54) is 10.4 Å². The highest BCUT2D eigenvalue weighted by molar-refractivity contribution is 5.19. The van der Waals surface area contributed by atoms with Crippen molar-refractivity contribution >= 4 is 0 Å². The Morgan fingerprint density at radius 1 is 1.32 bits per heavy atom. The van der Waals surface area contributed by atoms with E-state index in [-0.39, 0.29) is 0 Å². The van der Waals surface area contributed by atoms with Crippen LogP contribution in [-0.2, 0) is 13.6 Å². The number of piperazine rings is 1. The number of nitrogens with zero attached hydrogens (tertiary/aromatic N) is 5. The SMILES string of the molecule is Cn1nnc(CN2CCNC(c3ccccc3)C2)n1. The Hall–Kier alpha value is -1.79. The molecule has 2 heterocycles. The van der Waals surface area contributed by atoms with Crippen molar-refractivity contribution in [3.05, 3.63) is 41.7 Å². The lowest BCUT2D eigenvalue weighted by molar-refractivity contribution is 0.189. The van der Waals surface area contributed by atoms with E-state index in [0.29, 0.717) is 6.04 Å². The first kappa shape index (κ1) is 12.3. The van der Waals surface area contributed by atoms with E-state index in [1.54, 1.807) is 7.05 Å². The minimum absolute atomic E-state index is 0.381. The maximum atomic E-state index is 4.23. The van der Waals surface area contributed by atoms with Crippen LogP contribution < -0.4 is 5.32 Å². The van der Waals surface area contributed by atoms with Crippen LogP contribution in [0.2, 0.25) is 0 Å². The summed E-state index contributed by atoms with van der Waals surface area (Å²) in [6, 6.07) is 10.9. The van der Waals surface area contributed by atoms with Crippen LogP contribution in [-0.4, -0.2) is 44.7 Å². The summed E-state index contributed by atoms with van der Waals surface area (Å²) in [5.41, 5.74) is 1.33. The summed E-state index contributed by atoms with van der Waals surface area (Å²) in [7, 11) is 1.79. The highest BCUT2D eigenvalue weighted by Crippen LogP contribution is 2.17. The molecular formula is C13H18N6. The number of aromatic nitrogens is 4. The fraction of sp³-hybridized carbons (Fsp3) is 0.462. The molecule has 19 heavy (non-hydrogen) atoms. The Balaban J connectivity index is 1.65. The highest BCUT2D eigenvalue weighted by atomic mass is 15.6. The number of hydrogen-bond acceptors (Lipinski definition) is 5. The van der Waals surface area contributed by atoms with Gasteiger partial charge in [0.25, 0.3) is 0 Å². The van der Waals surface area contributed by atoms with E-state index in [9.17, 15) is 0 Å². The van der Waals surface area contributed by atoms with Crippen molar-refractivity contribution in [3.63, 3.8) is 0 Å². The molecule has 0 aliphatic carbocycles. The van der Waals surface area contributed by atoms with E-state index >= 15 is 0 Å². The molecule has 1 N–H and O–H groups in total. The second-order valence-corrected chi connectivity index (χ2v) is 4.85. The first-order valence-electron chi connectivity index (χ1n) is 6.55. The third-order valence-corrected chi connectivity index (χ3v) is 3.38. The van der Waals surface area contributed by atoms with Gasteiger partial charge in [-0.3, -0.25) is 4.90 Å². The van der Waals surface area contributed by atoms with Crippen LogP contribution in [0.5, 0.6) is 0 Å². The lowest BCUT2D eigenvalue weighted by Crippen LogP contribution is -2.45. The number of hydrogen-bond donors (Lipinski definition) is 1. The predicted octanol–water partition coefficient (Wildman–Crippen LogP) is 0.357. The second-order valence-electron chi connectivity index (χ2n) is 4.85. The maximum absolute atomic E-state index is 4.23. The zero-order valence-electron chi connectivity index (χ0n) is 11.0. The zero-order valence-corrected chi connectivity index (χ0v) is 11.0. The molecule has 100 valence electrons. The first-order valence-corrected chi connectivity index (χ1v) is 6.55. The fourth-order valence-electron chi connectivity index (χ4n) is 2.45. The smallest absolute Gasteiger partial charge is 0.188 e. The maximum Gasteiger partial charge on any atom is 0.188 e. The lowest BCUT2D eigenvalue weighted by atomic mass is 10.0. The third-order valence-electron chi connectivity index (χ3n) is 3.38. The molecule has 1 aliphatic rings. The van der Waals surface area contributed by atoms with Gasteiger partial charge in [0.1, 0.15) is 0 Å². The summed E-state index contributed by atoms with van der Waals surface area (Å²) in [4.78, 5) is 3.87. The molecule has 1 saturated heterocycles. The van der Waals surface area contributed by atoms with Gasteiger partial charge in [0, 0.05) is 25.7 Å². The van der Waals surface area contributed by atoms with E-state index in [2.05, 4.69) is 49.9 Å². The van der Waals surface area contributed by atoms with Gasteiger partial charge >= 0.3 is 0 Å². The molecule has 0 bridgehead atoms. The molecule has 1 aromatic carbocycles. The highest BCUT2D eigenvalue weighted by Gasteiger charge is 2.21. The molecule has 0 radical (unpaired) electrons. The van der Waals surface area contributed by atoms with Crippen LogP contribution in [0.3, 0.4) is 0 Å². The Labute approximate surface area is 112 Å². The van der Waals surface area contributed by atoms with Crippen LogP contribution >= 0.6 is 0 Å². The topological polar surface area (TPSA) is 58.9 Å². The fourth-order valence-corrected chi connectivity index (χ4v) is 2.45. The lowest BCUT2D eigenvalue weighted by Gasteiger charge is -2.33. The Kier molecular flexibility index (Phi) is 3.52. The number of benzene rings is 1. The van der Waals surface area contributed by atoms with Crippen molar-refractivity contribution < 1.29 is 0 Å². The molecule has 1 aliphatic heterocycles. The molecule has 6 nitrogen and oxygen atoms in total. The van der Waals surface area contributed by atoms with Gasteiger partial charge in [-0.15, -0.1) is 10.2 Å². The predicted molar refractivity (Wildman–Crippen MR) is 71.3 cm³/mol. The van der Waals surface area contributed by atoms with Gasteiger partial charge in [-0.05, 0) is 10.8 Å². The average Bonchev–Trinajstić information content (AvgIpc) is 2.85. The molecule has 6 heteroatoms. The summed E-state index contributed by atoms with van der Waals surface area (Å²) in [5, 5.41) is 15.7. The van der Waals surface area contributed by atoms with E-state index < -0.39 is 0 Å². The van der Waals surface area contributed by atoms with E-state index in [0.717, 1.165) is 32.0 Å². The van der Waals surface area contributed by atoms with Gasteiger partial charge in [-0.2, -0.15) is 4.80 Å². The standard InChI is InChI=1S/C13H18N6/c1-18-16-13(15-17-18)10-19-8-7-14-12(9-19)11-5-3-2-4-6-11/h2-6,12,14H,7-10H2,1H3. The molecule has 0 saturated carbocycles. The molecule has 1 aromatic heterocycles. The van der Waals surface area contributed by atoms with Crippen LogP contribution in [0.4, 0.5) is 0 Å². The largest absolute Gasteiger partial charge is 0.308 e. The molecule has 3 rings (SSSR count). The van der Waals surface area contributed by atoms with Crippen molar-refractivity contribution in [3.8, 4) is 0 Å². The Morgan fingerprint density at radius 3 is 2.89 bits per heavy atom. The molecule has 2 aromatic rings. The van der Waals surface area contributed by atoms with Crippen molar-refractivity contribution in [1.82, 2.24) is 30.4 Å². The summed E-state index contributed by atoms with van der Waals surface area (Å²) < 4.78 is 0. The van der Waals surface area contributed by atoms with Gasteiger partial charge in [0.2, 0.25) is 0 Å². The quantitative estimate of drug-likeness (QED) is 0.861. The van der Waals surface area contributed by atoms with Crippen molar-refractivity contribution in [2.75, 3.05) is 19.6 Å². The third kappa shape index (κ3) is 2.97. The molecule has 0 amide bonds. The zero-order chi connectivity index (χ0) is 13.1. The van der Waals surface area contributed by atoms with Crippen molar-refractivity contribution in [1.29, 1.82) is 0 Å². The molecule has 1 unspecified atom stereocenters. The van der Waals surface area contributed by atoms with Crippen LogP contribution in [0.1, 0.15) is 17.4 Å². The Morgan fingerprint density at radius 2 is 2.16 bits per heavy atom. The van der Waals surface area contributed by atoms with Gasteiger partial charge in [0.15, 0.2) is 5.82 Å². The van der Waals surface area contributed by atoms with Crippen LogP contribution in [0.25, 0.3) is 0 Å². The van der Waals surface area contributed by atoms with E-state index in [4.69, 9.17) is 0 Å². The van der Waals surface area contributed by atoms with Gasteiger partial charge < -0.3 is 5.32 Å². The van der Waals surface area contributed by atoms with Gasteiger partial charge in [0.05, 0.1) is 13.6 Å². The molecule has 1 atom stereocenters. The number of rotatable bonds is 3. The normalized spacial score (nSPS) is 20.6. The number of aryl methyl sites for hydroxylation is 1. The summed E-state index contributed by atoms with van der Waals surface area (Å²) in [6.07, 6.45) is 0. The van der Waals surface area contributed by atoms with Crippen LogP contribution in [0.15, 0.2) is 30.3 Å². The summed E-state index contributed by atoms with van der Waals surface area (Å²) >= 11 is 0. The van der Waals surface area contributed by atoms with Crippen LogP contribution in [0, 0.1) is 0 Å². The van der Waals surface area contributed by atoms with E-state index in [1.807, 2.05) is 6.07 Å². The Bertz CT molecular complexity index is 523.